The molecule has 160 valence electrons. The van der Waals surface area contributed by atoms with E-state index in [1.165, 1.54) is 10.6 Å². The second kappa shape index (κ2) is 8.90. The first-order chi connectivity index (χ1) is 14.3. The molecule has 1 aromatic carbocycles. The number of nitrogens with zero attached hydrogens (tertiary/aromatic N) is 2. The van der Waals surface area contributed by atoms with Gasteiger partial charge in [0, 0.05) is 26.0 Å². The molecule has 30 heavy (non-hydrogen) atoms. The van der Waals surface area contributed by atoms with Gasteiger partial charge in [-0.15, -0.1) is 0 Å². The number of allylic oxidation sites excluding steroid dienone is 5. The predicted molar refractivity (Wildman–Crippen MR) is 121 cm³/mol. The highest BCUT2D eigenvalue weighted by Gasteiger charge is 2.49. The van der Waals surface area contributed by atoms with Gasteiger partial charge in [-0.25, -0.2) is 14.9 Å². The molecular weight excluding hydrogens is 378 g/mol. The van der Waals surface area contributed by atoms with E-state index >= 15 is 0 Å². The lowest BCUT2D eigenvalue weighted by Gasteiger charge is -2.39. The van der Waals surface area contributed by atoms with Crippen LogP contribution in [0, 0.1) is 5.92 Å². The number of rotatable bonds is 7. The first-order valence-electron chi connectivity index (χ1n) is 10.1. The van der Waals surface area contributed by atoms with Crippen molar-refractivity contribution in [2.75, 3.05) is 13.7 Å². The highest BCUT2D eigenvalue weighted by Crippen LogP contribution is 2.48. The van der Waals surface area contributed by atoms with Crippen LogP contribution in [0.25, 0.3) is 5.57 Å². The molecule has 6 heteroatoms. The van der Waals surface area contributed by atoms with Gasteiger partial charge in [0.15, 0.2) is 0 Å². The smallest absolute Gasteiger partial charge is 0.221 e. The molecule has 0 saturated carbocycles. The van der Waals surface area contributed by atoms with Crippen LogP contribution in [-0.4, -0.2) is 35.9 Å². The van der Waals surface area contributed by atoms with Crippen LogP contribution in [-0.2, 0) is 10.6 Å². The topological polar surface area (TPSA) is 80.3 Å². The minimum atomic E-state index is -0.975. The lowest BCUT2D eigenvalue weighted by Crippen LogP contribution is -2.42. The fraction of sp³-hybridized carbons (Fsp3) is 0.375. The molecule has 0 bridgehead atoms. The molecule has 6 nitrogen and oxygen atoms in total. The van der Waals surface area contributed by atoms with Gasteiger partial charge in [0.2, 0.25) is 11.7 Å². The van der Waals surface area contributed by atoms with Gasteiger partial charge in [0.25, 0.3) is 0 Å². The number of hydrogen-bond donors (Lipinski definition) is 2. The Morgan fingerprint density at radius 1 is 1.43 bits per heavy atom. The number of fused-ring (bicyclic) bond motifs is 2. The van der Waals surface area contributed by atoms with Gasteiger partial charge in [-0.05, 0) is 43.5 Å². The van der Waals surface area contributed by atoms with Crippen LogP contribution >= 0.6 is 0 Å². The molecule has 0 saturated heterocycles. The van der Waals surface area contributed by atoms with Crippen molar-refractivity contribution in [1.29, 1.82) is 0 Å². The minimum Gasteiger partial charge on any atom is -0.489 e. The highest BCUT2D eigenvalue weighted by atomic mass is 16.7. The number of benzene rings is 1. The molecule has 0 fully saturated rings. The van der Waals surface area contributed by atoms with Gasteiger partial charge >= 0.3 is 0 Å². The van der Waals surface area contributed by atoms with Crippen LogP contribution in [0.4, 0.5) is 0 Å². The Morgan fingerprint density at radius 3 is 2.77 bits per heavy atom. The summed E-state index contributed by atoms with van der Waals surface area (Å²) in [6, 6.07) is 5.94. The van der Waals surface area contributed by atoms with E-state index in [1.54, 1.807) is 19.2 Å². The quantitative estimate of drug-likeness (QED) is 0.527. The third-order valence-electron chi connectivity index (χ3n) is 5.40. The van der Waals surface area contributed by atoms with Crippen molar-refractivity contribution < 1.29 is 14.7 Å². The summed E-state index contributed by atoms with van der Waals surface area (Å²) in [5.41, 5.74) is 9.01. The second-order valence-electron chi connectivity index (χ2n) is 7.90. The Kier molecular flexibility index (Phi) is 6.48. The van der Waals surface area contributed by atoms with E-state index < -0.39 is 5.72 Å². The Hall–Kier alpha value is -2.83. The summed E-state index contributed by atoms with van der Waals surface area (Å²) in [7, 11) is 1.75. The maximum atomic E-state index is 9.60. The van der Waals surface area contributed by atoms with Crippen LogP contribution in [0.3, 0.4) is 0 Å². The number of aliphatic imine (C=N–C) groups is 1. The molecule has 1 spiro atoms. The number of aliphatic hydroxyl groups is 1. The maximum absolute atomic E-state index is 9.60. The molecule has 2 aliphatic heterocycles. The van der Waals surface area contributed by atoms with E-state index in [-0.39, 0.29) is 18.6 Å². The van der Waals surface area contributed by atoms with E-state index in [2.05, 4.69) is 19.2 Å². The molecule has 3 atom stereocenters. The average molecular weight is 410 g/mol. The summed E-state index contributed by atoms with van der Waals surface area (Å²) in [6.45, 7) is 11.8. The number of aliphatic hydroxyl groups excluding tert-OH is 1. The number of hydroxylamine groups is 2. The van der Waals surface area contributed by atoms with E-state index in [0.29, 0.717) is 24.6 Å². The Labute approximate surface area is 178 Å². The van der Waals surface area contributed by atoms with Crippen LogP contribution in [0.2, 0.25) is 0 Å². The molecule has 1 aromatic rings. The number of nitrogens with two attached hydrogens (primary N) is 1. The van der Waals surface area contributed by atoms with E-state index in [4.69, 9.17) is 20.3 Å². The first-order valence-corrected chi connectivity index (χ1v) is 10.1. The fourth-order valence-corrected chi connectivity index (χ4v) is 4.05. The molecule has 3 unspecified atom stereocenters. The standard InChI is InChI=1S/C24H31N3O3/c1-6-8-17(7-2)18-9-10-21-20(14-18)24(26-23(25)27(5)30-24)15-22(29-21)19(11-12-28)13-16(3)4/h6-10,13-14,19,22,28H,1-2,11-12,15H2,3-5H3,(H2,25,26). The molecule has 0 aliphatic carbocycles. The molecule has 0 radical (unpaired) electrons. The van der Waals surface area contributed by atoms with Gasteiger partial charge in [-0.1, -0.05) is 49.1 Å². The van der Waals surface area contributed by atoms with Crippen molar-refractivity contribution in [1.82, 2.24) is 5.06 Å². The summed E-state index contributed by atoms with van der Waals surface area (Å²) in [6.07, 6.45) is 8.42. The highest BCUT2D eigenvalue weighted by molar-refractivity contribution is 5.79. The van der Waals surface area contributed by atoms with E-state index in [1.807, 2.05) is 38.1 Å². The Bertz CT molecular complexity index is 914. The van der Waals surface area contributed by atoms with Gasteiger partial charge in [0.1, 0.15) is 11.9 Å². The lowest BCUT2D eigenvalue weighted by molar-refractivity contribution is -0.193. The monoisotopic (exact) mass is 409 g/mol. The molecule has 0 aromatic heterocycles. The van der Waals surface area contributed by atoms with Crippen LogP contribution in [0.5, 0.6) is 5.75 Å². The number of guanidine groups is 1. The van der Waals surface area contributed by atoms with E-state index in [9.17, 15) is 5.11 Å². The van der Waals surface area contributed by atoms with Crippen molar-refractivity contribution >= 4 is 11.5 Å². The van der Waals surface area contributed by atoms with Crippen LogP contribution < -0.4 is 10.5 Å². The zero-order valence-corrected chi connectivity index (χ0v) is 18.0. The SMILES string of the molecule is C=CC=C(C=C)c1ccc2c(c1)C1(CC(C(C=C(C)C)CCO)O2)N=C(N)N(C)O1. The normalized spacial score (nSPS) is 24.0. The Morgan fingerprint density at radius 2 is 2.20 bits per heavy atom. The number of hydrogen-bond acceptors (Lipinski definition) is 6. The van der Waals surface area contributed by atoms with Crippen molar-refractivity contribution in [3.8, 4) is 5.75 Å². The molecule has 0 amide bonds. The van der Waals surface area contributed by atoms with Gasteiger partial charge in [-0.3, -0.25) is 0 Å². The third-order valence-corrected chi connectivity index (χ3v) is 5.40. The summed E-state index contributed by atoms with van der Waals surface area (Å²) in [4.78, 5) is 10.9. The summed E-state index contributed by atoms with van der Waals surface area (Å²) in [5.74, 6) is 1.05. The predicted octanol–water partition coefficient (Wildman–Crippen LogP) is 3.90. The molecule has 3 rings (SSSR count). The third kappa shape index (κ3) is 4.20. The molecule has 2 aliphatic rings. The van der Waals surface area contributed by atoms with E-state index in [0.717, 1.165) is 16.7 Å². The average Bonchev–Trinajstić information content (AvgIpc) is 2.99. The van der Waals surface area contributed by atoms with Gasteiger partial charge in [-0.2, -0.15) is 0 Å². The lowest BCUT2D eigenvalue weighted by atomic mass is 9.84. The summed E-state index contributed by atoms with van der Waals surface area (Å²) < 4.78 is 6.40. The number of ether oxygens (including phenoxy) is 1. The zero-order chi connectivity index (χ0) is 21.9. The summed E-state index contributed by atoms with van der Waals surface area (Å²) in [5, 5.41) is 11.1. The molecule has 2 heterocycles. The van der Waals surface area contributed by atoms with Crippen molar-refractivity contribution in [3.05, 3.63) is 72.4 Å². The second-order valence-corrected chi connectivity index (χ2v) is 7.90. The first kappa shape index (κ1) is 21.9. The largest absolute Gasteiger partial charge is 0.489 e. The molecular formula is C24H31N3O3. The van der Waals surface area contributed by atoms with Gasteiger partial charge < -0.3 is 15.6 Å². The fourth-order valence-electron chi connectivity index (χ4n) is 4.05. The maximum Gasteiger partial charge on any atom is 0.221 e. The Balaban J connectivity index is 2.11. The molecule has 3 N–H and O–H groups in total. The van der Waals surface area contributed by atoms with Gasteiger partial charge in [0.05, 0.1) is 5.56 Å². The van der Waals surface area contributed by atoms with Crippen molar-refractivity contribution in [2.45, 2.75) is 38.5 Å². The minimum absolute atomic E-state index is 0.0278. The van der Waals surface area contributed by atoms with Crippen LogP contribution in [0.15, 0.2) is 66.2 Å². The van der Waals surface area contributed by atoms with Crippen LogP contribution in [0.1, 0.15) is 37.8 Å². The summed E-state index contributed by atoms with van der Waals surface area (Å²) >= 11 is 0. The van der Waals surface area contributed by atoms with Crippen molar-refractivity contribution in [2.24, 2.45) is 16.6 Å². The zero-order valence-electron chi connectivity index (χ0n) is 18.0. The van der Waals surface area contributed by atoms with Crippen molar-refractivity contribution in [3.63, 3.8) is 0 Å².